The second-order valence-electron chi connectivity index (χ2n) is 2.23. The van der Waals surface area contributed by atoms with Crippen molar-refractivity contribution in [2.45, 2.75) is 0 Å². The molecule has 7 heteroatoms. The molecule has 0 atom stereocenters. The monoisotopic (exact) mass is 195 g/mol. The van der Waals surface area contributed by atoms with Crippen LogP contribution >= 0.6 is 0 Å². The normalized spacial score (nSPS) is 10.1. The number of urea groups is 1. The molecule has 1 rings (SSSR count). The summed E-state index contributed by atoms with van der Waals surface area (Å²) in [5.74, 6) is 0.407. The van der Waals surface area contributed by atoms with E-state index >= 15 is 0 Å². The van der Waals surface area contributed by atoms with Crippen LogP contribution in [-0.4, -0.2) is 29.6 Å². The number of aromatic nitrogens is 2. The predicted octanol–water partition coefficient (Wildman–Crippen LogP) is -0.513. The first-order valence-electron chi connectivity index (χ1n) is 3.68. The van der Waals surface area contributed by atoms with Crippen LogP contribution in [0.4, 0.5) is 4.79 Å². The van der Waals surface area contributed by atoms with Crippen LogP contribution in [0.15, 0.2) is 17.2 Å². The Morgan fingerprint density at radius 1 is 1.64 bits per heavy atom. The number of hydrazone groups is 1. The van der Waals surface area contributed by atoms with Crippen molar-refractivity contribution in [3.05, 3.63) is 17.8 Å². The lowest BCUT2D eigenvalue weighted by Crippen LogP contribution is -2.24. The van der Waals surface area contributed by atoms with Crippen molar-refractivity contribution in [2.24, 2.45) is 10.8 Å². The molecule has 14 heavy (non-hydrogen) atoms. The zero-order chi connectivity index (χ0) is 10.4. The molecule has 74 valence electrons. The summed E-state index contributed by atoms with van der Waals surface area (Å²) >= 11 is 0. The van der Waals surface area contributed by atoms with Crippen molar-refractivity contribution in [2.75, 3.05) is 7.11 Å². The fourth-order valence-corrected chi connectivity index (χ4v) is 0.670. The third-order valence-corrected chi connectivity index (χ3v) is 1.24. The lowest BCUT2D eigenvalue weighted by molar-refractivity contribution is 0.249. The van der Waals surface area contributed by atoms with Crippen molar-refractivity contribution in [1.82, 2.24) is 15.6 Å². The molecule has 0 saturated carbocycles. The number of carbonyl (C=O) groups is 1. The maximum absolute atomic E-state index is 10.2. The van der Waals surface area contributed by atoms with Crippen LogP contribution in [0, 0.1) is 0 Å². The Morgan fingerprint density at radius 2 is 2.43 bits per heavy atom. The SMILES string of the molecule is COc1ccc(C=NNC(N)=O)nn1. The highest BCUT2D eigenvalue weighted by molar-refractivity contribution is 5.79. The van der Waals surface area contributed by atoms with Crippen molar-refractivity contribution in [3.8, 4) is 5.88 Å². The number of hydrogen-bond donors (Lipinski definition) is 2. The topological polar surface area (TPSA) is 102 Å². The molecular weight excluding hydrogens is 186 g/mol. The summed E-state index contributed by atoms with van der Waals surface area (Å²) in [4.78, 5) is 10.2. The highest BCUT2D eigenvalue weighted by Gasteiger charge is 1.93. The first-order valence-corrected chi connectivity index (χ1v) is 3.68. The molecule has 0 fully saturated rings. The molecule has 0 aliphatic heterocycles. The van der Waals surface area contributed by atoms with Gasteiger partial charge in [0, 0.05) is 6.07 Å². The Kier molecular flexibility index (Phi) is 3.36. The van der Waals surface area contributed by atoms with E-state index in [1.54, 1.807) is 12.1 Å². The van der Waals surface area contributed by atoms with Crippen LogP contribution in [0.1, 0.15) is 5.69 Å². The van der Waals surface area contributed by atoms with Gasteiger partial charge in [0.2, 0.25) is 5.88 Å². The Labute approximate surface area is 80.0 Å². The van der Waals surface area contributed by atoms with Crippen molar-refractivity contribution in [1.29, 1.82) is 0 Å². The van der Waals surface area contributed by atoms with E-state index in [2.05, 4.69) is 15.3 Å². The third-order valence-electron chi connectivity index (χ3n) is 1.24. The van der Waals surface area contributed by atoms with Crippen molar-refractivity contribution < 1.29 is 9.53 Å². The second-order valence-corrected chi connectivity index (χ2v) is 2.23. The third kappa shape index (κ3) is 3.05. The zero-order valence-electron chi connectivity index (χ0n) is 7.47. The summed E-state index contributed by atoms with van der Waals surface area (Å²) in [6, 6.07) is 2.53. The van der Waals surface area contributed by atoms with Crippen LogP contribution < -0.4 is 15.9 Å². The summed E-state index contributed by atoms with van der Waals surface area (Å²) in [5.41, 5.74) is 7.30. The second kappa shape index (κ2) is 4.75. The Morgan fingerprint density at radius 3 is 2.93 bits per heavy atom. The molecule has 1 aromatic heterocycles. The van der Waals surface area contributed by atoms with E-state index in [1.165, 1.54) is 13.3 Å². The van der Waals surface area contributed by atoms with Gasteiger partial charge >= 0.3 is 6.03 Å². The van der Waals surface area contributed by atoms with Crippen LogP contribution in [0.3, 0.4) is 0 Å². The molecule has 0 unspecified atom stereocenters. The first kappa shape index (κ1) is 9.90. The van der Waals surface area contributed by atoms with Gasteiger partial charge in [0.05, 0.1) is 13.3 Å². The lowest BCUT2D eigenvalue weighted by atomic mass is 10.4. The molecule has 3 N–H and O–H groups in total. The number of nitrogens with zero attached hydrogens (tertiary/aromatic N) is 3. The van der Waals surface area contributed by atoms with E-state index in [9.17, 15) is 4.79 Å². The average Bonchev–Trinajstić information content (AvgIpc) is 2.18. The summed E-state index contributed by atoms with van der Waals surface area (Å²) in [5, 5.41) is 10.9. The fraction of sp³-hybridized carbons (Fsp3) is 0.143. The molecule has 2 amide bonds. The summed E-state index contributed by atoms with van der Waals surface area (Å²) in [6.45, 7) is 0. The van der Waals surface area contributed by atoms with Gasteiger partial charge in [0.25, 0.3) is 0 Å². The maximum Gasteiger partial charge on any atom is 0.332 e. The van der Waals surface area contributed by atoms with Gasteiger partial charge in [0.15, 0.2) is 0 Å². The summed E-state index contributed by atoms with van der Waals surface area (Å²) in [7, 11) is 1.49. The number of nitrogens with two attached hydrogens (primary N) is 1. The van der Waals surface area contributed by atoms with Gasteiger partial charge in [-0.3, -0.25) is 0 Å². The minimum absolute atomic E-state index is 0.407. The molecule has 0 radical (unpaired) electrons. The van der Waals surface area contributed by atoms with Crippen LogP contribution in [-0.2, 0) is 0 Å². The molecular formula is C7H9N5O2. The van der Waals surface area contributed by atoms with E-state index in [1.807, 2.05) is 5.43 Å². The average molecular weight is 195 g/mol. The van der Waals surface area contributed by atoms with Gasteiger partial charge in [-0.15, -0.1) is 10.2 Å². The molecule has 0 saturated heterocycles. The number of amides is 2. The zero-order valence-corrected chi connectivity index (χ0v) is 7.47. The lowest BCUT2D eigenvalue weighted by Gasteiger charge is -1.96. The number of rotatable bonds is 3. The van der Waals surface area contributed by atoms with E-state index < -0.39 is 6.03 Å². The largest absolute Gasteiger partial charge is 0.480 e. The highest BCUT2D eigenvalue weighted by Crippen LogP contribution is 2.01. The number of methoxy groups -OCH3 is 1. The standard InChI is InChI=1S/C7H9N5O2/c1-14-6-3-2-5(10-11-6)4-9-12-7(8)13/h2-4H,1H3,(H3,8,12,13). The number of primary amides is 1. The van der Waals surface area contributed by atoms with Crippen LogP contribution in [0.5, 0.6) is 5.88 Å². The Bertz CT molecular complexity index is 334. The molecule has 0 spiro atoms. The minimum atomic E-state index is -0.734. The fourth-order valence-electron chi connectivity index (χ4n) is 0.670. The van der Waals surface area contributed by atoms with Gasteiger partial charge in [-0.05, 0) is 6.07 Å². The van der Waals surface area contributed by atoms with Gasteiger partial charge in [0.1, 0.15) is 5.69 Å². The molecule has 1 heterocycles. The summed E-state index contributed by atoms with van der Waals surface area (Å²) < 4.78 is 4.80. The quantitative estimate of drug-likeness (QED) is 0.500. The Balaban J connectivity index is 2.59. The molecule has 1 aromatic rings. The Hall–Kier alpha value is -2.18. The predicted molar refractivity (Wildman–Crippen MR) is 48.9 cm³/mol. The number of hydrogen-bond acceptors (Lipinski definition) is 5. The van der Waals surface area contributed by atoms with E-state index in [-0.39, 0.29) is 0 Å². The van der Waals surface area contributed by atoms with Crippen LogP contribution in [0.25, 0.3) is 0 Å². The maximum atomic E-state index is 10.2. The van der Waals surface area contributed by atoms with Gasteiger partial charge in [-0.25, -0.2) is 10.2 Å². The molecule has 0 bridgehead atoms. The smallest absolute Gasteiger partial charge is 0.332 e. The van der Waals surface area contributed by atoms with Crippen molar-refractivity contribution in [3.63, 3.8) is 0 Å². The summed E-state index contributed by atoms with van der Waals surface area (Å²) in [6.07, 6.45) is 1.32. The van der Waals surface area contributed by atoms with Gasteiger partial charge in [-0.2, -0.15) is 5.10 Å². The van der Waals surface area contributed by atoms with E-state index in [4.69, 9.17) is 10.5 Å². The van der Waals surface area contributed by atoms with E-state index in [0.717, 1.165) is 0 Å². The van der Waals surface area contributed by atoms with Crippen molar-refractivity contribution >= 4 is 12.2 Å². The molecule has 7 nitrogen and oxygen atoms in total. The highest BCUT2D eigenvalue weighted by atomic mass is 16.5. The molecule has 0 aromatic carbocycles. The molecule has 0 aliphatic carbocycles. The number of ether oxygens (including phenoxy) is 1. The molecule has 0 aliphatic rings. The number of carbonyl (C=O) groups excluding carboxylic acids is 1. The van der Waals surface area contributed by atoms with E-state index in [0.29, 0.717) is 11.6 Å². The van der Waals surface area contributed by atoms with Crippen LogP contribution in [0.2, 0.25) is 0 Å². The first-order chi connectivity index (χ1) is 6.72. The minimum Gasteiger partial charge on any atom is -0.480 e. The number of nitrogens with one attached hydrogen (secondary N) is 1. The van der Waals surface area contributed by atoms with Gasteiger partial charge < -0.3 is 10.5 Å². The van der Waals surface area contributed by atoms with Gasteiger partial charge in [-0.1, -0.05) is 0 Å².